The first kappa shape index (κ1) is 14.8. The molecular formula is C14H17N3O4. The van der Waals surface area contributed by atoms with Gasteiger partial charge in [0, 0.05) is 0 Å². The van der Waals surface area contributed by atoms with E-state index in [0.717, 1.165) is 0 Å². The summed E-state index contributed by atoms with van der Waals surface area (Å²) in [7, 11) is 0. The molecule has 7 heteroatoms. The van der Waals surface area contributed by atoms with E-state index in [4.69, 9.17) is 5.11 Å². The number of urea groups is 1. The maximum Gasteiger partial charge on any atom is 0.326 e. The second-order valence-corrected chi connectivity index (χ2v) is 4.78. The Morgan fingerprint density at radius 3 is 2.81 bits per heavy atom. The van der Waals surface area contributed by atoms with Crippen LogP contribution < -0.4 is 15.5 Å². The number of carboxylic acids is 1. The fourth-order valence-electron chi connectivity index (χ4n) is 2.19. The lowest BCUT2D eigenvalue weighted by Crippen LogP contribution is -2.51. The third kappa shape index (κ3) is 3.31. The number of benzene rings is 1. The SMILES string of the molecule is CCC[C@H](NC(=O)N1CC(=O)Nc2ccccc21)C(=O)O. The number of carbonyl (C=O) groups excluding carboxylic acids is 2. The minimum Gasteiger partial charge on any atom is -0.480 e. The Balaban J connectivity index is 2.19. The summed E-state index contributed by atoms with van der Waals surface area (Å²) in [4.78, 5) is 36.3. The number of aliphatic carboxylic acids is 1. The predicted octanol–water partition coefficient (Wildman–Crippen LogP) is 1.41. The van der Waals surface area contributed by atoms with Gasteiger partial charge < -0.3 is 15.7 Å². The Hall–Kier alpha value is -2.57. The summed E-state index contributed by atoms with van der Waals surface area (Å²) in [6.07, 6.45) is 0.969. The average molecular weight is 291 g/mol. The highest BCUT2D eigenvalue weighted by atomic mass is 16.4. The molecule has 3 N–H and O–H groups in total. The first-order valence-corrected chi connectivity index (χ1v) is 6.72. The normalized spacial score (nSPS) is 14.9. The van der Waals surface area contributed by atoms with Gasteiger partial charge in [-0.15, -0.1) is 0 Å². The Morgan fingerprint density at radius 1 is 1.43 bits per heavy atom. The van der Waals surface area contributed by atoms with Crippen LogP contribution in [-0.4, -0.2) is 35.6 Å². The van der Waals surface area contributed by atoms with Gasteiger partial charge in [0.15, 0.2) is 0 Å². The number of amides is 3. The molecule has 0 unspecified atom stereocenters. The lowest BCUT2D eigenvalue weighted by atomic mass is 10.1. The lowest BCUT2D eigenvalue weighted by Gasteiger charge is -2.30. The summed E-state index contributed by atoms with van der Waals surface area (Å²) in [5.41, 5.74) is 1.08. The minimum atomic E-state index is -1.08. The number of rotatable bonds is 4. The van der Waals surface area contributed by atoms with E-state index in [2.05, 4.69) is 10.6 Å². The van der Waals surface area contributed by atoms with E-state index in [-0.39, 0.29) is 12.5 Å². The molecule has 1 aromatic rings. The van der Waals surface area contributed by atoms with E-state index in [9.17, 15) is 14.4 Å². The van der Waals surface area contributed by atoms with Gasteiger partial charge in [-0.05, 0) is 18.6 Å². The number of carbonyl (C=O) groups is 3. The van der Waals surface area contributed by atoms with Gasteiger partial charge in [-0.25, -0.2) is 9.59 Å². The van der Waals surface area contributed by atoms with Crippen molar-refractivity contribution in [3.63, 3.8) is 0 Å². The van der Waals surface area contributed by atoms with Crippen LogP contribution in [0.25, 0.3) is 0 Å². The summed E-state index contributed by atoms with van der Waals surface area (Å²) in [5, 5.41) is 14.2. The number of hydrogen-bond donors (Lipinski definition) is 3. The van der Waals surface area contributed by atoms with Crippen LogP contribution in [0.15, 0.2) is 24.3 Å². The number of para-hydroxylation sites is 2. The highest BCUT2D eigenvalue weighted by molar-refractivity contribution is 6.09. The van der Waals surface area contributed by atoms with Crippen molar-refractivity contribution in [3.05, 3.63) is 24.3 Å². The summed E-state index contributed by atoms with van der Waals surface area (Å²) in [6, 6.07) is 5.34. The van der Waals surface area contributed by atoms with Crippen LogP contribution in [0, 0.1) is 0 Å². The monoisotopic (exact) mass is 291 g/mol. The van der Waals surface area contributed by atoms with Crippen molar-refractivity contribution in [1.29, 1.82) is 0 Å². The van der Waals surface area contributed by atoms with Crippen molar-refractivity contribution in [2.45, 2.75) is 25.8 Å². The topological polar surface area (TPSA) is 98.7 Å². The summed E-state index contributed by atoms with van der Waals surface area (Å²) in [5.74, 6) is -1.40. The van der Waals surface area contributed by atoms with Gasteiger partial charge in [0.05, 0.1) is 11.4 Å². The molecule has 3 amide bonds. The predicted molar refractivity (Wildman–Crippen MR) is 77.3 cm³/mol. The molecule has 1 aromatic carbocycles. The van der Waals surface area contributed by atoms with Crippen molar-refractivity contribution in [2.24, 2.45) is 0 Å². The lowest BCUT2D eigenvalue weighted by molar-refractivity contribution is -0.139. The van der Waals surface area contributed by atoms with Crippen molar-refractivity contribution >= 4 is 29.3 Å². The second-order valence-electron chi connectivity index (χ2n) is 4.78. The van der Waals surface area contributed by atoms with Crippen molar-refractivity contribution in [3.8, 4) is 0 Å². The van der Waals surface area contributed by atoms with Gasteiger partial charge in [0.1, 0.15) is 12.6 Å². The molecule has 2 rings (SSSR count). The molecule has 0 aromatic heterocycles. The molecular weight excluding hydrogens is 274 g/mol. The van der Waals surface area contributed by atoms with E-state index in [1.165, 1.54) is 4.90 Å². The number of fused-ring (bicyclic) bond motifs is 1. The minimum absolute atomic E-state index is 0.138. The number of nitrogens with one attached hydrogen (secondary N) is 2. The van der Waals surface area contributed by atoms with Crippen LogP contribution in [-0.2, 0) is 9.59 Å². The Bertz CT molecular complexity index is 573. The van der Waals surface area contributed by atoms with Gasteiger partial charge in [0.25, 0.3) is 0 Å². The first-order chi connectivity index (χ1) is 10.0. The molecule has 7 nitrogen and oxygen atoms in total. The first-order valence-electron chi connectivity index (χ1n) is 6.72. The molecule has 0 spiro atoms. The van der Waals surface area contributed by atoms with Crippen LogP contribution in [0.5, 0.6) is 0 Å². The largest absolute Gasteiger partial charge is 0.480 e. The average Bonchev–Trinajstić information content (AvgIpc) is 2.45. The van der Waals surface area contributed by atoms with Gasteiger partial charge >= 0.3 is 12.0 Å². The van der Waals surface area contributed by atoms with Crippen molar-refractivity contribution < 1.29 is 19.5 Å². The molecule has 0 saturated heterocycles. The van der Waals surface area contributed by atoms with Gasteiger partial charge in [-0.2, -0.15) is 0 Å². The molecule has 21 heavy (non-hydrogen) atoms. The molecule has 0 aliphatic carbocycles. The second kappa shape index (κ2) is 6.25. The van der Waals surface area contributed by atoms with Crippen molar-refractivity contribution in [2.75, 3.05) is 16.8 Å². The van der Waals surface area contributed by atoms with E-state index >= 15 is 0 Å². The van der Waals surface area contributed by atoms with Crippen LogP contribution in [0.1, 0.15) is 19.8 Å². The fraction of sp³-hybridized carbons (Fsp3) is 0.357. The molecule has 0 saturated carbocycles. The van der Waals surface area contributed by atoms with Gasteiger partial charge in [0.2, 0.25) is 5.91 Å². The van der Waals surface area contributed by atoms with Crippen LogP contribution in [0.4, 0.5) is 16.2 Å². The van der Waals surface area contributed by atoms with Crippen LogP contribution in [0.2, 0.25) is 0 Å². The van der Waals surface area contributed by atoms with E-state index in [0.29, 0.717) is 24.2 Å². The number of carboxylic acid groups (broad SMARTS) is 1. The van der Waals surface area contributed by atoms with E-state index in [1.807, 2.05) is 6.92 Å². The Kier molecular flexibility index (Phi) is 4.42. The highest BCUT2D eigenvalue weighted by Crippen LogP contribution is 2.28. The third-order valence-electron chi connectivity index (χ3n) is 3.19. The molecule has 0 radical (unpaired) electrons. The van der Waals surface area contributed by atoms with E-state index < -0.39 is 18.0 Å². The van der Waals surface area contributed by atoms with Crippen LogP contribution >= 0.6 is 0 Å². The smallest absolute Gasteiger partial charge is 0.326 e. The molecule has 0 fully saturated rings. The Labute approximate surface area is 121 Å². The number of anilines is 2. The molecule has 1 heterocycles. The molecule has 1 aliphatic heterocycles. The zero-order valence-corrected chi connectivity index (χ0v) is 11.6. The van der Waals surface area contributed by atoms with Gasteiger partial charge in [-0.3, -0.25) is 9.69 Å². The fourth-order valence-corrected chi connectivity index (χ4v) is 2.19. The quantitative estimate of drug-likeness (QED) is 0.781. The highest BCUT2D eigenvalue weighted by Gasteiger charge is 2.29. The summed E-state index contributed by atoms with van der Waals surface area (Å²) >= 11 is 0. The summed E-state index contributed by atoms with van der Waals surface area (Å²) in [6.45, 7) is 1.70. The summed E-state index contributed by atoms with van der Waals surface area (Å²) < 4.78 is 0. The maximum atomic E-state index is 12.3. The number of hydrogen-bond acceptors (Lipinski definition) is 3. The maximum absolute atomic E-state index is 12.3. The molecule has 1 aliphatic rings. The number of nitrogens with zero attached hydrogens (tertiary/aromatic N) is 1. The zero-order chi connectivity index (χ0) is 15.4. The molecule has 1 atom stereocenters. The third-order valence-corrected chi connectivity index (χ3v) is 3.19. The molecule has 112 valence electrons. The zero-order valence-electron chi connectivity index (χ0n) is 11.6. The Morgan fingerprint density at radius 2 is 2.14 bits per heavy atom. The van der Waals surface area contributed by atoms with Gasteiger partial charge in [-0.1, -0.05) is 25.5 Å². The molecule has 0 bridgehead atoms. The van der Waals surface area contributed by atoms with Crippen LogP contribution in [0.3, 0.4) is 0 Å². The standard InChI is InChI=1S/C14H17N3O4/c1-2-5-10(13(19)20)16-14(21)17-8-12(18)15-9-6-3-4-7-11(9)17/h3-4,6-7,10H,2,5,8H2,1H3,(H,15,18)(H,16,21)(H,19,20)/t10-/m0/s1. The van der Waals surface area contributed by atoms with Crippen molar-refractivity contribution in [1.82, 2.24) is 5.32 Å². The van der Waals surface area contributed by atoms with E-state index in [1.54, 1.807) is 24.3 Å².